The van der Waals surface area contributed by atoms with Crippen LogP contribution >= 0.6 is 15.9 Å². The van der Waals surface area contributed by atoms with Gasteiger partial charge in [0.25, 0.3) is 0 Å². The Morgan fingerprint density at radius 2 is 2.12 bits per heavy atom. The molecule has 3 heteroatoms. The van der Waals surface area contributed by atoms with E-state index >= 15 is 0 Å². The summed E-state index contributed by atoms with van der Waals surface area (Å²) in [5.74, 6) is 0.173. The number of benzene rings is 1. The van der Waals surface area contributed by atoms with E-state index in [1.807, 2.05) is 18.2 Å². The second kappa shape index (κ2) is 6.69. The molecule has 0 bridgehead atoms. The minimum atomic E-state index is -0.254. The van der Waals surface area contributed by atoms with Crippen molar-refractivity contribution in [3.8, 4) is 0 Å². The van der Waals surface area contributed by atoms with Gasteiger partial charge in [-0.25, -0.2) is 4.79 Å². The molecule has 1 atom stereocenters. The number of carbonyl (C=O) groups excluding carboxylic acids is 1. The molecule has 0 spiro atoms. The van der Waals surface area contributed by atoms with Gasteiger partial charge >= 0.3 is 5.97 Å². The fraction of sp³-hybridized carbons (Fsp3) is 0.462. The van der Waals surface area contributed by atoms with Crippen molar-refractivity contribution in [2.75, 3.05) is 6.61 Å². The molecular weight excluding hydrogens is 268 g/mol. The number of halogens is 1. The Morgan fingerprint density at radius 1 is 1.44 bits per heavy atom. The summed E-state index contributed by atoms with van der Waals surface area (Å²) in [5.41, 5.74) is 0.589. The SMILES string of the molecule is CCCC(C)COC(=O)c1ccccc1Br. The largest absolute Gasteiger partial charge is 0.462 e. The first-order valence-corrected chi connectivity index (χ1v) is 6.36. The Hall–Kier alpha value is -0.830. The Kier molecular flexibility index (Phi) is 5.53. The first kappa shape index (κ1) is 13.2. The van der Waals surface area contributed by atoms with Gasteiger partial charge in [-0.05, 0) is 40.4 Å². The Balaban J connectivity index is 2.50. The van der Waals surface area contributed by atoms with Crippen molar-refractivity contribution in [2.24, 2.45) is 5.92 Å². The quantitative estimate of drug-likeness (QED) is 0.763. The molecule has 0 N–H and O–H groups in total. The van der Waals surface area contributed by atoms with Crippen LogP contribution in [0.15, 0.2) is 28.7 Å². The summed E-state index contributed by atoms with van der Waals surface area (Å²) in [4.78, 5) is 11.7. The molecule has 0 aromatic heterocycles. The van der Waals surface area contributed by atoms with Crippen molar-refractivity contribution < 1.29 is 9.53 Å². The van der Waals surface area contributed by atoms with E-state index in [1.54, 1.807) is 6.07 Å². The van der Waals surface area contributed by atoms with Crippen molar-refractivity contribution >= 4 is 21.9 Å². The molecule has 1 unspecified atom stereocenters. The Bertz CT molecular complexity index is 350. The van der Waals surface area contributed by atoms with Crippen LogP contribution in [-0.4, -0.2) is 12.6 Å². The molecule has 1 aromatic carbocycles. The predicted molar refractivity (Wildman–Crippen MR) is 68.5 cm³/mol. The molecule has 0 aliphatic carbocycles. The minimum absolute atomic E-state index is 0.254. The van der Waals surface area contributed by atoms with Gasteiger partial charge in [-0.1, -0.05) is 32.4 Å². The fourth-order valence-corrected chi connectivity index (χ4v) is 1.95. The molecule has 2 nitrogen and oxygen atoms in total. The predicted octanol–water partition coefficient (Wildman–Crippen LogP) is 4.04. The molecule has 0 heterocycles. The highest BCUT2D eigenvalue weighted by atomic mass is 79.9. The zero-order chi connectivity index (χ0) is 12.0. The maximum Gasteiger partial charge on any atom is 0.339 e. The smallest absolute Gasteiger partial charge is 0.339 e. The van der Waals surface area contributed by atoms with Crippen LogP contribution in [0.1, 0.15) is 37.0 Å². The summed E-state index contributed by atoms with van der Waals surface area (Å²) in [5, 5.41) is 0. The first-order chi connectivity index (χ1) is 7.65. The Labute approximate surface area is 105 Å². The first-order valence-electron chi connectivity index (χ1n) is 5.56. The van der Waals surface area contributed by atoms with Gasteiger partial charge in [0.05, 0.1) is 12.2 Å². The van der Waals surface area contributed by atoms with Gasteiger partial charge in [-0.2, -0.15) is 0 Å². The number of carbonyl (C=O) groups is 1. The molecule has 0 amide bonds. The second-order valence-corrected chi connectivity index (χ2v) is 4.83. The van der Waals surface area contributed by atoms with Crippen LogP contribution in [0.4, 0.5) is 0 Å². The lowest BCUT2D eigenvalue weighted by molar-refractivity contribution is 0.0442. The lowest BCUT2D eigenvalue weighted by Gasteiger charge is -2.11. The summed E-state index contributed by atoms with van der Waals surface area (Å²) in [6.07, 6.45) is 2.21. The van der Waals surface area contributed by atoms with E-state index in [2.05, 4.69) is 29.8 Å². The van der Waals surface area contributed by atoms with Crippen molar-refractivity contribution in [2.45, 2.75) is 26.7 Å². The normalized spacial score (nSPS) is 12.2. The van der Waals surface area contributed by atoms with Gasteiger partial charge in [0.1, 0.15) is 0 Å². The summed E-state index contributed by atoms with van der Waals surface area (Å²) in [6.45, 7) is 4.72. The topological polar surface area (TPSA) is 26.3 Å². The average molecular weight is 285 g/mol. The van der Waals surface area contributed by atoms with E-state index in [9.17, 15) is 4.79 Å². The van der Waals surface area contributed by atoms with Crippen LogP contribution in [0, 0.1) is 5.92 Å². The molecular formula is C13H17BrO2. The third-order valence-corrected chi connectivity index (χ3v) is 3.07. The van der Waals surface area contributed by atoms with Gasteiger partial charge < -0.3 is 4.74 Å². The zero-order valence-corrected chi connectivity index (χ0v) is 11.3. The van der Waals surface area contributed by atoms with E-state index in [0.717, 1.165) is 17.3 Å². The van der Waals surface area contributed by atoms with Crippen LogP contribution < -0.4 is 0 Å². The average Bonchev–Trinajstić information content (AvgIpc) is 2.27. The lowest BCUT2D eigenvalue weighted by Crippen LogP contribution is -2.12. The molecule has 0 aliphatic heterocycles. The van der Waals surface area contributed by atoms with Crippen molar-refractivity contribution in [1.29, 1.82) is 0 Å². The molecule has 0 fully saturated rings. The van der Waals surface area contributed by atoms with Crippen LogP contribution in [0.2, 0.25) is 0 Å². The van der Waals surface area contributed by atoms with E-state index < -0.39 is 0 Å². The lowest BCUT2D eigenvalue weighted by atomic mass is 10.1. The van der Waals surface area contributed by atoms with E-state index in [1.165, 1.54) is 0 Å². The van der Waals surface area contributed by atoms with E-state index in [-0.39, 0.29) is 5.97 Å². The van der Waals surface area contributed by atoms with Crippen molar-refractivity contribution in [3.63, 3.8) is 0 Å². The second-order valence-electron chi connectivity index (χ2n) is 3.97. The highest BCUT2D eigenvalue weighted by Gasteiger charge is 2.11. The number of esters is 1. The summed E-state index contributed by atoms with van der Waals surface area (Å²) < 4.78 is 6.03. The van der Waals surface area contributed by atoms with Crippen LogP contribution in [-0.2, 0) is 4.74 Å². The number of rotatable bonds is 5. The van der Waals surface area contributed by atoms with Crippen molar-refractivity contribution in [3.05, 3.63) is 34.3 Å². The highest BCUT2D eigenvalue weighted by molar-refractivity contribution is 9.10. The zero-order valence-electron chi connectivity index (χ0n) is 9.70. The monoisotopic (exact) mass is 284 g/mol. The van der Waals surface area contributed by atoms with Gasteiger partial charge in [-0.3, -0.25) is 0 Å². The highest BCUT2D eigenvalue weighted by Crippen LogP contribution is 2.17. The third-order valence-electron chi connectivity index (χ3n) is 2.37. The molecule has 16 heavy (non-hydrogen) atoms. The third kappa shape index (κ3) is 3.97. The maximum atomic E-state index is 11.7. The van der Waals surface area contributed by atoms with Crippen LogP contribution in [0.5, 0.6) is 0 Å². The molecule has 0 radical (unpaired) electrons. The summed E-state index contributed by atoms with van der Waals surface area (Å²) >= 11 is 3.33. The molecule has 0 saturated carbocycles. The van der Waals surface area contributed by atoms with Crippen molar-refractivity contribution in [1.82, 2.24) is 0 Å². The van der Waals surface area contributed by atoms with Crippen LogP contribution in [0.3, 0.4) is 0 Å². The fourth-order valence-electron chi connectivity index (χ4n) is 1.50. The standard InChI is InChI=1S/C13H17BrO2/c1-3-6-10(2)9-16-13(15)11-7-4-5-8-12(11)14/h4-5,7-8,10H,3,6,9H2,1-2H3. The molecule has 0 aliphatic rings. The van der Waals surface area contributed by atoms with Gasteiger partial charge in [-0.15, -0.1) is 0 Å². The number of hydrogen-bond donors (Lipinski definition) is 0. The minimum Gasteiger partial charge on any atom is -0.462 e. The van der Waals surface area contributed by atoms with Gasteiger partial charge in [0.2, 0.25) is 0 Å². The molecule has 1 aromatic rings. The van der Waals surface area contributed by atoms with Gasteiger partial charge in [0.15, 0.2) is 0 Å². The molecule has 0 saturated heterocycles. The summed E-state index contributed by atoms with van der Waals surface area (Å²) in [7, 11) is 0. The maximum absolute atomic E-state index is 11.7. The number of hydrogen-bond acceptors (Lipinski definition) is 2. The molecule has 88 valence electrons. The summed E-state index contributed by atoms with van der Waals surface area (Å²) in [6, 6.07) is 7.31. The van der Waals surface area contributed by atoms with Crippen LogP contribution in [0.25, 0.3) is 0 Å². The van der Waals surface area contributed by atoms with E-state index in [4.69, 9.17) is 4.74 Å². The van der Waals surface area contributed by atoms with Gasteiger partial charge in [0, 0.05) is 4.47 Å². The van der Waals surface area contributed by atoms with E-state index in [0.29, 0.717) is 18.1 Å². The Morgan fingerprint density at radius 3 is 2.75 bits per heavy atom. The number of ether oxygens (including phenoxy) is 1. The molecule has 1 rings (SSSR count).